The molecule has 1 aromatic rings. The Morgan fingerprint density at radius 1 is 1.29 bits per heavy atom. The lowest BCUT2D eigenvalue weighted by atomic mass is 9.98. The zero-order chi connectivity index (χ0) is 10.6. The molecule has 2 unspecified atom stereocenters. The maximum absolute atomic E-state index is 9.52. The van der Waals surface area contributed by atoms with Gasteiger partial charge in [-0.15, -0.1) is 10.2 Å². The number of nitrogens with zero attached hydrogens (tertiary/aromatic N) is 2. The Bertz CT molecular complexity index is 278. The first kappa shape index (κ1) is 11.4. The summed E-state index contributed by atoms with van der Waals surface area (Å²) in [6, 6.07) is 0. The fourth-order valence-corrected chi connectivity index (χ4v) is 2.11. The van der Waals surface area contributed by atoms with Crippen molar-refractivity contribution in [3.05, 3.63) is 5.01 Å². The lowest BCUT2D eigenvalue weighted by Gasteiger charge is -2.14. The van der Waals surface area contributed by atoms with Gasteiger partial charge in [-0.3, -0.25) is 0 Å². The zero-order valence-corrected chi connectivity index (χ0v) is 9.29. The van der Waals surface area contributed by atoms with Crippen LogP contribution in [-0.4, -0.2) is 26.5 Å². The summed E-state index contributed by atoms with van der Waals surface area (Å²) in [6.07, 6.45) is 2.07. The lowest BCUT2D eigenvalue weighted by Crippen LogP contribution is -2.10. The van der Waals surface area contributed by atoms with E-state index in [1.165, 1.54) is 11.3 Å². The van der Waals surface area contributed by atoms with Gasteiger partial charge in [0.05, 0.1) is 6.10 Å². The van der Waals surface area contributed by atoms with Crippen LogP contribution in [0.3, 0.4) is 0 Å². The standard InChI is InChI=1S/C9H16N2O2S/c1-3-6(5-7(12)4-2)8-10-11-9(13)14-8/h6-7,12H,3-5H2,1-2H3,(H,11,13). The fourth-order valence-electron chi connectivity index (χ4n) is 1.33. The Morgan fingerprint density at radius 2 is 2.00 bits per heavy atom. The molecule has 0 fully saturated rings. The summed E-state index contributed by atoms with van der Waals surface area (Å²) in [7, 11) is 0. The number of aliphatic hydroxyl groups is 1. The predicted octanol–water partition coefficient (Wildman–Crippen LogP) is 1.90. The van der Waals surface area contributed by atoms with Crippen LogP contribution in [0.4, 0.5) is 0 Å². The maximum Gasteiger partial charge on any atom is 0.291 e. The van der Waals surface area contributed by atoms with Crippen LogP contribution in [0.25, 0.3) is 0 Å². The number of hydrogen-bond acceptors (Lipinski definition) is 5. The Hall–Kier alpha value is -0.680. The fraction of sp³-hybridized carbons (Fsp3) is 0.778. The highest BCUT2D eigenvalue weighted by Gasteiger charge is 2.18. The van der Waals surface area contributed by atoms with Crippen molar-refractivity contribution in [2.24, 2.45) is 0 Å². The molecule has 0 amide bonds. The summed E-state index contributed by atoms with van der Waals surface area (Å²) in [5.41, 5.74) is 0. The molecule has 4 nitrogen and oxygen atoms in total. The summed E-state index contributed by atoms with van der Waals surface area (Å²) in [5, 5.41) is 26.9. The molecule has 2 N–H and O–H groups in total. The minimum atomic E-state index is -0.286. The van der Waals surface area contributed by atoms with Crippen LogP contribution in [0.1, 0.15) is 44.0 Å². The van der Waals surface area contributed by atoms with Gasteiger partial charge in [0.2, 0.25) is 0 Å². The van der Waals surface area contributed by atoms with E-state index in [9.17, 15) is 5.11 Å². The number of hydrogen-bond donors (Lipinski definition) is 2. The van der Waals surface area contributed by atoms with Crippen LogP contribution >= 0.6 is 11.3 Å². The van der Waals surface area contributed by atoms with Gasteiger partial charge in [-0.05, 0) is 19.3 Å². The van der Waals surface area contributed by atoms with Gasteiger partial charge in [0.25, 0.3) is 5.19 Å². The van der Waals surface area contributed by atoms with Crippen molar-refractivity contribution in [3.63, 3.8) is 0 Å². The molecule has 2 atom stereocenters. The third-order valence-corrected chi connectivity index (χ3v) is 3.19. The van der Waals surface area contributed by atoms with Gasteiger partial charge >= 0.3 is 0 Å². The van der Waals surface area contributed by atoms with E-state index in [1.807, 2.05) is 13.8 Å². The molecule has 1 rings (SSSR count). The third-order valence-electron chi connectivity index (χ3n) is 2.30. The van der Waals surface area contributed by atoms with Gasteiger partial charge < -0.3 is 10.2 Å². The maximum atomic E-state index is 9.52. The third kappa shape index (κ3) is 2.92. The van der Waals surface area contributed by atoms with Crippen molar-refractivity contribution < 1.29 is 10.2 Å². The van der Waals surface area contributed by atoms with Crippen LogP contribution in [0.15, 0.2) is 0 Å². The van der Waals surface area contributed by atoms with Crippen LogP contribution in [0, 0.1) is 0 Å². The molecular formula is C9H16N2O2S. The van der Waals surface area contributed by atoms with E-state index < -0.39 is 0 Å². The minimum absolute atomic E-state index is 0.00411. The van der Waals surface area contributed by atoms with E-state index in [-0.39, 0.29) is 17.2 Å². The van der Waals surface area contributed by atoms with Gasteiger partial charge in [0.15, 0.2) is 0 Å². The van der Waals surface area contributed by atoms with Crippen LogP contribution in [0.5, 0.6) is 5.19 Å². The molecule has 0 aliphatic carbocycles. The first-order valence-corrected chi connectivity index (χ1v) is 5.69. The van der Waals surface area contributed by atoms with Crippen molar-refractivity contribution >= 4 is 11.3 Å². The Labute approximate surface area is 87.6 Å². The number of rotatable bonds is 5. The zero-order valence-electron chi connectivity index (χ0n) is 8.47. The Morgan fingerprint density at radius 3 is 2.43 bits per heavy atom. The summed E-state index contributed by atoms with van der Waals surface area (Å²) in [5.74, 6) is 0.211. The van der Waals surface area contributed by atoms with Crippen LogP contribution < -0.4 is 0 Å². The van der Waals surface area contributed by atoms with Crippen LogP contribution in [-0.2, 0) is 0 Å². The lowest BCUT2D eigenvalue weighted by molar-refractivity contribution is 0.150. The van der Waals surface area contributed by atoms with E-state index in [1.54, 1.807) is 0 Å². The number of aliphatic hydroxyl groups excluding tert-OH is 1. The number of aromatic nitrogens is 2. The second-order valence-corrected chi connectivity index (χ2v) is 4.31. The normalized spacial score (nSPS) is 15.4. The molecule has 0 radical (unpaired) electrons. The number of aromatic hydroxyl groups is 1. The van der Waals surface area contributed by atoms with Crippen molar-refractivity contribution in [2.45, 2.75) is 45.1 Å². The van der Waals surface area contributed by atoms with E-state index >= 15 is 0 Å². The highest BCUT2D eigenvalue weighted by molar-refractivity contribution is 7.13. The molecule has 1 heterocycles. The minimum Gasteiger partial charge on any atom is -0.485 e. The average molecular weight is 216 g/mol. The molecule has 80 valence electrons. The summed E-state index contributed by atoms with van der Waals surface area (Å²) >= 11 is 1.20. The Kier molecular flexibility index (Phi) is 4.28. The van der Waals surface area contributed by atoms with Crippen molar-refractivity contribution in [2.75, 3.05) is 0 Å². The van der Waals surface area contributed by atoms with Crippen molar-refractivity contribution in [3.8, 4) is 5.19 Å². The molecule has 14 heavy (non-hydrogen) atoms. The molecule has 0 saturated carbocycles. The molecule has 0 saturated heterocycles. The second-order valence-electron chi connectivity index (χ2n) is 3.33. The highest BCUT2D eigenvalue weighted by atomic mass is 32.1. The molecule has 5 heteroatoms. The van der Waals surface area contributed by atoms with E-state index in [0.29, 0.717) is 6.42 Å². The first-order chi connectivity index (χ1) is 6.67. The van der Waals surface area contributed by atoms with Gasteiger partial charge in [-0.1, -0.05) is 25.2 Å². The molecule has 0 aliphatic heterocycles. The Balaban J connectivity index is 2.62. The molecule has 0 bridgehead atoms. The molecule has 1 aromatic heterocycles. The smallest absolute Gasteiger partial charge is 0.291 e. The van der Waals surface area contributed by atoms with Gasteiger partial charge in [0, 0.05) is 5.92 Å². The monoisotopic (exact) mass is 216 g/mol. The largest absolute Gasteiger partial charge is 0.485 e. The SMILES string of the molecule is CCC(O)CC(CC)c1nnc(O)s1. The quantitative estimate of drug-likeness (QED) is 0.789. The van der Waals surface area contributed by atoms with E-state index in [2.05, 4.69) is 10.2 Å². The van der Waals surface area contributed by atoms with Gasteiger partial charge in [0.1, 0.15) is 5.01 Å². The van der Waals surface area contributed by atoms with E-state index in [0.717, 1.165) is 17.8 Å². The summed E-state index contributed by atoms with van der Waals surface area (Å²) in [6.45, 7) is 4.00. The van der Waals surface area contributed by atoms with Crippen molar-refractivity contribution in [1.82, 2.24) is 10.2 Å². The summed E-state index contributed by atoms with van der Waals surface area (Å²) in [4.78, 5) is 0. The molecular weight excluding hydrogens is 200 g/mol. The summed E-state index contributed by atoms with van der Waals surface area (Å²) < 4.78 is 0. The molecule has 0 spiro atoms. The van der Waals surface area contributed by atoms with Crippen molar-refractivity contribution in [1.29, 1.82) is 0 Å². The topological polar surface area (TPSA) is 66.2 Å². The predicted molar refractivity (Wildman–Crippen MR) is 55.5 cm³/mol. The van der Waals surface area contributed by atoms with E-state index in [4.69, 9.17) is 5.11 Å². The molecule has 0 aromatic carbocycles. The molecule has 0 aliphatic rings. The highest BCUT2D eigenvalue weighted by Crippen LogP contribution is 2.30. The second kappa shape index (κ2) is 5.26. The van der Waals surface area contributed by atoms with Gasteiger partial charge in [-0.25, -0.2) is 0 Å². The average Bonchev–Trinajstić information content (AvgIpc) is 2.60. The first-order valence-electron chi connectivity index (χ1n) is 4.87. The van der Waals surface area contributed by atoms with Crippen LogP contribution in [0.2, 0.25) is 0 Å². The van der Waals surface area contributed by atoms with Gasteiger partial charge in [-0.2, -0.15) is 0 Å².